The summed E-state index contributed by atoms with van der Waals surface area (Å²) in [5, 5.41) is 9.79. The van der Waals surface area contributed by atoms with Gasteiger partial charge >= 0.3 is 11.9 Å². The van der Waals surface area contributed by atoms with Gasteiger partial charge in [0.1, 0.15) is 10.4 Å². The lowest BCUT2D eigenvalue weighted by molar-refractivity contribution is -0.145. The third-order valence-corrected chi connectivity index (χ3v) is 6.93. The van der Waals surface area contributed by atoms with Crippen LogP contribution in [0.4, 0.5) is 0 Å². The van der Waals surface area contributed by atoms with Crippen LogP contribution in [0.5, 0.6) is 0 Å². The monoisotopic (exact) mass is 517 g/mol. The Bertz CT molecular complexity index is 1290. The molecule has 1 N–H and O–H groups in total. The van der Waals surface area contributed by atoms with Gasteiger partial charge in [-0.3, -0.25) is 9.69 Å². The molecule has 0 aliphatic carbocycles. The maximum absolute atomic E-state index is 13.1. The molecule has 1 aliphatic rings. The highest BCUT2D eigenvalue weighted by Gasteiger charge is 2.40. The normalized spacial score (nSPS) is 15.2. The summed E-state index contributed by atoms with van der Waals surface area (Å²) in [7, 11) is 0. The van der Waals surface area contributed by atoms with Gasteiger partial charge in [0.05, 0.1) is 17.1 Å². The van der Waals surface area contributed by atoms with Gasteiger partial charge in [-0.05, 0) is 34.9 Å². The molecule has 1 amide bonds. The summed E-state index contributed by atoms with van der Waals surface area (Å²) < 4.78 is 5.56. The molecule has 0 radical (unpaired) electrons. The highest BCUT2D eigenvalue weighted by Crippen LogP contribution is 2.34. The molecular formula is C28H23NO5S2. The van der Waals surface area contributed by atoms with Crippen molar-refractivity contribution in [2.24, 2.45) is 0 Å². The van der Waals surface area contributed by atoms with Crippen LogP contribution in [0.1, 0.15) is 27.0 Å². The van der Waals surface area contributed by atoms with Gasteiger partial charge in [-0.1, -0.05) is 96.8 Å². The summed E-state index contributed by atoms with van der Waals surface area (Å²) in [5.74, 6) is -1.99. The largest absolute Gasteiger partial charge is 0.480 e. The number of thiocarbonyl (C=S) groups is 1. The zero-order valence-electron chi connectivity index (χ0n) is 19.2. The molecule has 1 atom stereocenters. The van der Waals surface area contributed by atoms with Crippen molar-refractivity contribution in [2.75, 3.05) is 6.61 Å². The Morgan fingerprint density at radius 2 is 1.56 bits per heavy atom. The van der Waals surface area contributed by atoms with Crippen LogP contribution >= 0.6 is 24.0 Å². The van der Waals surface area contributed by atoms with Gasteiger partial charge in [0, 0.05) is 12.8 Å². The zero-order valence-corrected chi connectivity index (χ0v) is 20.8. The number of thioether (sulfide) groups is 1. The molecule has 3 aromatic rings. The third-order valence-electron chi connectivity index (χ3n) is 5.60. The van der Waals surface area contributed by atoms with Crippen molar-refractivity contribution in [3.8, 4) is 0 Å². The summed E-state index contributed by atoms with van der Waals surface area (Å²) in [6, 6.07) is 24.5. The van der Waals surface area contributed by atoms with Crippen molar-refractivity contribution < 1.29 is 24.2 Å². The Kier molecular flexibility index (Phi) is 8.30. The number of aliphatic carboxylic acids is 1. The third kappa shape index (κ3) is 6.27. The van der Waals surface area contributed by atoms with E-state index in [9.17, 15) is 19.5 Å². The lowest BCUT2D eigenvalue weighted by Crippen LogP contribution is -2.45. The first-order valence-corrected chi connectivity index (χ1v) is 12.5. The van der Waals surface area contributed by atoms with E-state index >= 15 is 0 Å². The molecule has 0 unspecified atom stereocenters. The molecule has 0 aromatic heterocycles. The predicted octanol–water partition coefficient (Wildman–Crippen LogP) is 4.98. The fourth-order valence-corrected chi connectivity index (χ4v) is 5.09. The molecule has 8 heteroatoms. The number of nitrogens with zero attached hydrogens (tertiary/aromatic N) is 1. The molecule has 0 bridgehead atoms. The summed E-state index contributed by atoms with van der Waals surface area (Å²) in [5.41, 5.74) is 2.98. The van der Waals surface area contributed by atoms with E-state index in [1.165, 1.54) is 4.90 Å². The molecule has 1 heterocycles. The van der Waals surface area contributed by atoms with E-state index < -0.39 is 23.9 Å². The molecule has 3 aromatic carbocycles. The number of amides is 1. The standard InChI is InChI=1S/C28H23NO5S2/c30-25-24(36-28(35)29(25)23(26(31)32)17-20-9-5-2-6-10-20)18-21-11-13-22(14-12-21)27(33)34-16-15-19-7-3-1-4-8-19/h1-14,18,23H,15-17H2,(H,31,32)/b24-18-/t23-/m1/s1. The van der Waals surface area contributed by atoms with Crippen LogP contribution < -0.4 is 0 Å². The molecule has 6 nitrogen and oxygen atoms in total. The summed E-state index contributed by atoms with van der Waals surface area (Å²) in [6.07, 6.45) is 2.43. The number of carboxylic acid groups (broad SMARTS) is 1. The molecule has 36 heavy (non-hydrogen) atoms. The van der Waals surface area contributed by atoms with E-state index in [0.29, 0.717) is 22.5 Å². The number of carbonyl (C=O) groups is 3. The van der Waals surface area contributed by atoms with Crippen molar-refractivity contribution in [2.45, 2.75) is 18.9 Å². The average Bonchev–Trinajstić information content (AvgIpc) is 3.16. The highest BCUT2D eigenvalue weighted by molar-refractivity contribution is 8.26. The summed E-state index contributed by atoms with van der Waals surface area (Å²) in [6.45, 7) is 0.279. The van der Waals surface area contributed by atoms with E-state index in [1.54, 1.807) is 30.3 Å². The van der Waals surface area contributed by atoms with Crippen LogP contribution in [0, 0.1) is 0 Å². The number of ether oxygens (including phenoxy) is 1. The Morgan fingerprint density at radius 1 is 0.944 bits per heavy atom. The van der Waals surface area contributed by atoms with E-state index in [-0.39, 0.29) is 17.3 Å². The first-order valence-electron chi connectivity index (χ1n) is 11.3. The maximum Gasteiger partial charge on any atom is 0.338 e. The minimum atomic E-state index is -1.12. The Morgan fingerprint density at radius 3 is 2.17 bits per heavy atom. The van der Waals surface area contributed by atoms with Crippen molar-refractivity contribution in [1.82, 2.24) is 4.90 Å². The predicted molar refractivity (Wildman–Crippen MR) is 143 cm³/mol. The first kappa shape index (κ1) is 25.3. The lowest BCUT2D eigenvalue weighted by Gasteiger charge is -2.23. The van der Waals surface area contributed by atoms with Crippen LogP contribution in [0.15, 0.2) is 89.8 Å². The SMILES string of the molecule is O=C(OCCc1ccccc1)c1ccc(/C=C2\SC(=S)N([C@H](Cc3ccccc3)C(=O)O)C2=O)cc1. The number of esters is 1. The zero-order chi connectivity index (χ0) is 25.5. The highest BCUT2D eigenvalue weighted by atomic mass is 32.2. The summed E-state index contributed by atoms with van der Waals surface area (Å²) >= 11 is 6.42. The van der Waals surface area contributed by atoms with Crippen molar-refractivity contribution >= 4 is 52.2 Å². The van der Waals surface area contributed by atoms with Gasteiger partial charge in [0.25, 0.3) is 5.91 Å². The first-order chi connectivity index (χ1) is 17.4. The van der Waals surface area contributed by atoms with Crippen LogP contribution in [-0.2, 0) is 27.2 Å². The molecule has 0 spiro atoms. The van der Waals surface area contributed by atoms with Crippen LogP contribution in [0.3, 0.4) is 0 Å². The number of hydrogen-bond acceptors (Lipinski definition) is 6. The topological polar surface area (TPSA) is 83.9 Å². The molecule has 1 fully saturated rings. The Labute approximate surface area is 218 Å². The molecule has 4 rings (SSSR count). The number of benzene rings is 3. The number of hydrogen-bond donors (Lipinski definition) is 1. The fraction of sp³-hybridized carbons (Fsp3) is 0.143. The van der Waals surface area contributed by atoms with Gasteiger partial charge in [0.2, 0.25) is 0 Å². The Hall–Kier alpha value is -3.75. The van der Waals surface area contributed by atoms with Crippen molar-refractivity contribution in [3.63, 3.8) is 0 Å². The minimum absolute atomic E-state index is 0.150. The van der Waals surface area contributed by atoms with Gasteiger partial charge in [-0.25, -0.2) is 9.59 Å². The fourth-order valence-electron chi connectivity index (χ4n) is 3.73. The van der Waals surface area contributed by atoms with Gasteiger partial charge in [-0.2, -0.15) is 0 Å². The van der Waals surface area contributed by atoms with Crippen molar-refractivity contribution in [1.29, 1.82) is 0 Å². The Balaban J connectivity index is 1.40. The number of rotatable bonds is 9. The molecule has 182 valence electrons. The lowest BCUT2D eigenvalue weighted by atomic mass is 10.0. The van der Waals surface area contributed by atoms with Crippen LogP contribution in [-0.4, -0.2) is 44.8 Å². The maximum atomic E-state index is 13.1. The van der Waals surface area contributed by atoms with E-state index in [0.717, 1.165) is 22.9 Å². The second-order valence-electron chi connectivity index (χ2n) is 8.09. The second kappa shape index (κ2) is 11.8. The number of carboxylic acids is 1. The quantitative estimate of drug-likeness (QED) is 0.243. The molecule has 1 saturated heterocycles. The van der Waals surface area contributed by atoms with Gasteiger partial charge in [-0.15, -0.1) is 0 Å². The van der Waals surface area contributed by atoms with E-state index in [1.807, 2.05) is 60.7 Å². The smallest absolute Gasteiger partial charge is 0.338 e. The van der Waals surface area contributed by atoms with E-state index in [4.69, 9.17) is 17.0 Å². The molecule has 1 aliphatic heterocycles. The number of carbonyl (C=O) groups excluding carboxylic acids is 2. The van der Waals surface area contributed by atoms with Crippen LogP contribution in [0.2, 0.25) is 0 Å². The molecular weight excluding hydrogens is 494 g/mol. The molecule has 0 saturated carbocycles. The van der Waals surface area contributed by atoms with E-state index in [2.05, 4.69) is 0 Å². The van der Waals surface area contributed by atoms with Gasteiger partial charge < -0.3 is 9.84 Å². The van der Waals surface area contributed by atoms with Crippen LogP contribution in [0.25, 0.3) is 6.08 Å². The second-order valence-corrected chi connectivity index (χ2v) is 9.76. The minimum Gasteiger partial charge on any atom is -0.480 e. The van der Waals surface area contributed by atoms with Crippen molar-refractivity contribution in [3.05, 3.63) is 112 Å². The van der Waals surface area contributed by atoms with Gasteiger partial charge in [0.15, 0.2) is 0 Å². The summed E-state index contributed by atoms with van der Waals surface area (Å²) in [4.78, 5) is 38.9. The average molecular weight is 518 g/mol.